The first kappa shape index (κ1) is 10.2. The van der Waals surface area contributed by atoms with Crippen LogP contribution < -0.4 is 5.32 Å². The Morgan fingerprint density at radius 2 is 2.20 bits per heavy atom. The van der Waals surface area contributed by atoms with Gasteiger partial charge in [0.1, 0.15) is 5.82 Å². The lowest BCUT2D eigenvalue weighted by Gasteiger charge is -2.16. The summed E-state index contributed by atoms with van der Waals surface area (Å²) in [5.74, 6) is -0.388. The molecule has 1 aliphatic rings. The van der Waals surface area contributed by atoms with Crippen molar-refractivity contribution in [3.63, 3.8) is 0 Å². The summed E-state index contributed by atoms with van der Waals surface area (Å²) in [6.45, 7) is 0. The van der Waals surface area contributed by atoms with Gasteiger partial charge in [-0.3, -0.25) is 0 Å². The average molecular weight is 224 g/mol. The molecule has 0 amide bonds. The zero-order valence-electron chi connectivity index (χ0n) is 8.08. The van der Waals surface area contributed by atoms with Crippen molar-refractivity contribution < 1.29 is 4.39 Å². The summed E-state index contributed by atoms with van der Waals surface area (Å²) in [5.41, 5.74) is 0.839. The molecule has 78 valence electrons. The topological polar surface area (TPSA) is 12.0 Å². The molecule has 1 nitrogen and oxygen atoms in total. The van der Waals surface area contributed by atoms with Crippen LogP contribution in [-0.2, 0) is 0 Å². The molecule has 1 N–H and O–H groups in total. The van der Waals surface area contributed by atoms with E-state index in [1.807, 2.05) is 12.2 Å². The molecule has 0 aromatic heterocycles. The predicted molar refractivity (Wildman–Crippen MR) is 61.7 cm³/mol. The van der Waals surface area contributed by atoms with Crippen molar-refractivity contribution in [3.8, 4) is 0 Å². The van der Waals surface area contributed by atoms with Gasteiger partial charge in [0.05, 0.1) is 5.02 Å². The minimum Gasteiger partial charge on any atom is -0.378 e. The molecule has 15 heavy (non-hydrogen) atoms. The normalized spacial score (nSPS) is 19.2. The van der Waals surface area contributed by atoms with Crippen LogP contribution in [0.5, 0.6) is 0 Å². The molecule has 1 atom stereocenters. The van der Waals surface area contributed by atoms with Crippen molar-refractivity contribution in [1.29, 1.82) is 0 Å². The van der Waals surface area contributed by atoms with Crippen LogP contribution in [0.2, 0.25) is 5.02 Å². The molecule has 0 saturated heterocycles. The third-order valence-electron chi connectivity index (χ3n) is 2.25. The molecule has 0 saturated carbocycles. The lowest BCUT2D eigenvalue weighted by molar-refractivity contribution is 0.628. The van der Waals surface area contributed by atoms with E-state index < -0.39 is 0 Å². The molecule has 0 fully saturated rings. The average Bonchev–Trinajstić information content (AvgIpc) is 2.25. The third-order valence-corrected chi connectivity index (χ3v) is 2.54. The zero-order chi connectivity index (χ0) is 10.7. The van der Waals surface area contributed by atoms with E-state index in [2.05, 4.69) is 17.5 Å². The summed E-state index contributed by atoms with van der Waals surface area (Å²) in [6, 6.07) is 4.92. The number of nitrogens with one attached hydrogen (secondary N) is 1. The van der Waals surface area contributed by atoms with E-state index in [0.717, 1.165) is 12.1 Å². The van der Waals surface area contributed by atoms with Crippen molar-refractivity contribution in [2.75, 3.05) is 5.32 Å². The molecule has 0 radical (unpaired) electrons. The fourth-order valence-corrected chi connectivity index (χ4v) is 1.67. The van der Waals surface area contributed by atoms with Crippen LogP contribution in [0.3, 0.4) is 0 Å². The minimum absolute atomic E-state index is 0.148. The van der Waals surface area contributed by atoms with Crippen LogP contribution in [0, 0.1) is 5.82 Å². The number of allylic oxidation sites excluding steroid dienone is 2. The van der Waals surface area contributed by atoms with Crippen molar-refractivity contribution in [3.05, 3.63) is 53.3 Å². The monoisotopic (exact) mass is 223 g/mol. The summed E-state index contributed by atoms with van der Waals surface area (Å²) in [7, 11) is 0. The summed E-state index contributed by atoms with van der Waals surface area (Å²) < 4.78 is 12.9. The molecule has 0 aliphatic heterocycles. The second-order valence-corrected chi connectivity index (χ2v) is 3.84. The van der Waals surface area contributed by atoms with Crippen molar-refractivity contribution in [2.45, 2.75) is 12.5 Å². The Morgan fingerprint density at radius 1 is 1.33 bits per heavy atom. The summed E-state index contributed by atoms with van der Waals surface area (Å²) in [5, 5.41) is 3.41. The van der Waals surface area contributed by atoms with Gasteiger partial charge in [-0.05, 0) is 24.6 Å². The molecule has 3 heteroatoms. The molecule has 0 heterocycles. The van der Waals surface area contributed by atoms with Crippen molar-refractivity contribution in [1.82, 2.24) is 0 Å². The molecule has 1 unspecified atom stereocenters. The number of hydrogen-bond donors (Lipinski definition) is 1. The maximum absolute atomic E-state index is 12.9. The Hall–Kier alpha value is -1.28. The Bertz CT molecular complexity index is 412. The SMILES string of the molecule is Fc1ccc(NC2C=CC=CC2)cc1Cl. The summed E-state index contributed by atoms with van der Waals surface area (Å²) in [4.78, 5) is 0. The maximum atomic E-state index is 12.9. The van der Waals surface area contributed by atoms with E-state index in [-0.39, 0.29) is 16.9 Å². The highest BCUT2D eigenvalue weighted by molar-refractivity contribution is 6.31. The standard InChI is InChI=1S/C12H11ClFN/c13-11-8-10(6-7-12(11)14)15-9-4-2-1-3-5-9/h1-4,6-9,15H,5H2. The molecule has 1 aromatic carbocycles. The Kier molecular flexibility index (Phi) is 3.07. The van der Waals surface area contributed by atoms with Crippen molar-refractivity contribution in [2.24, 2.45) is 0 Å². The molecular formula is C12H11ClFN. The number of anilines is 1. The van der Waals surface area contributed by atoms with E-state index >= 15 is 0 Å². The van der Waals surface area contributed by atoms with Gasteiger partial charge < -0.3 is 5.32 Å². The first-order chi connectivity index (χ1) is 7.25. The fourth-order valence-electron chi connectivity index (χ4n) is 1.49. The summed E-state index contributed by atoms with van der Waals surface area (Å²) in [6.07, 6.45) is 9.09. The van der Waals surface area contributed by atoms with Gasteiger partial charge in [-0.1, -0.05) is 35.9 Å². The van der Waals surface area contributed by atoms with E-state index in [1.165, 1.54) is 6.07 Å². The Labute approximate surface area is 93.3 Å². The number of hydrogen-bond acceptors (Lipinski definition) is 1. The molecule has 1 aromatic rings. The highest BCUT2D eigenvalue weighted by Crippen LogP contribution is 2.21. The first-order valence-corrected chi connectivity index (χ1v) is 5.18. The molecule has 0 bridgehead atoms. The van der Waals surface area contributed by atoms with Gasteiger partial charge in [-0.25, -0.2) is 4.39 Å². The predicted octanol–water partition coefficient (Wildman–Crippen LogP) is 3.78. The molecule has 1 aliphatic carbocycles. The highest BCUT2D eigenvalue weighted by atomic mass is 35.5. The quantitative estimate of drug-likeness (QED) is 0.805. The van der Waals surface area contributed by atoms with Gasteiger partial charge in [0.15, 0.2) is 0 Å². The molecule has 2 rings (SSSR count). The third kappa shape index (κ3) is 2.60. The molecule has 0 spiro atoms. The van der Waals surface area contributed by atoms with Gasteiger partial charge in [-0.2, -0.15) is 0 Å². The number of benzene rings is 1. The number of halogens is 2. The van der Waals surface area contributed by atoms with Crippen LogP contribution in [0.15, 0.2) is 42.5 Å². The number of rotatable bonds is 2. The Morgan fingerprint density at radius 3 is 2.87 bits per heavy atom. The van der Waals surface area contributed by atoms with Crippen LogP contribution in [0.1, 0.15) is 6.42 Å². The van der Waals surface area contributed by atoms with Crippen LogP contribution in [0.4, 0.5) is 10.1 Å². The van der Waals surface area contributed by atoms with Crippen LogP contribution in [0.25, 0.3) is 0 Å². The van der Waals surface area contributed by atoms with Gasteiger partial charge in [0.2, 0.25) is 0 Å². The van der Waals surface area contributed by atoms with Gasteiger partial charge in [0, 0.05) is 11.7 Å². The van der Waals surface area contributed by atoms with Crippen molar-refractivity contribution >= 4 is 17.3 Å². The van der Waals surface area contributed by atoms with E-state index in [1.54, 1.807) is 12.1 Å². The van der Waals surface area contributed by atoms with Gasteiger partial charge in [-0.15, -0.1) is 0 Å². The highest BCUT2D eigenvalue weighted by Gasteiger charge is 2.06. The molecular weight excluding hydrogens is 213 g/mol. The second-order valence-electron chi connectivity index (χ2n) is 3.43. The van der Waals surface area contributed by atoms with E-state index in [9.17, 15) is 4.39 Å². The second kappa shape index (κ2) is 4.49. The van der Waals surface area contributed by atoms with Gasteiger partial charge >= 0.3 is 0 Å². The zero-order valence-corrected chi connectivity index (χ0v) is 8.84. The van der Waals surface area contributed by atoms with E-state index in [0.29, 0.717) is 0 Å². The fraction of sp³-hybridized carbons (Fsp3) is 0.167. The largest absolute Gasteiger partial charge is 0.378 e. The van der Waals surface area contributed by atoms with Crippen LogP contribution >= 0.6 is 11.6 Å². The smallest absolute Gasteiger partial charge is 0.141 e. The summed E-state index contributed by atoms with van der Waals surface area (Å²) >= 11 is 5.68. The van der Waals surface area contributed by atoms with Crippen LogP contribution in [-0.4, -0.2) is 6.04 Å². The maximum Gasteiger partial charge on any atom is 0.141 e. The van der Waals surface area contributed by atoms with E-state index in [4.69, 9.17) is 11.6 Å². The first-order valence-electron chi connectivity index (χ1n) is 4.80. The lowest BCUT2D eigenvalue weighted by atomic mass is 10.1. The minimum atomic E-state index is -0.388. The van der Waals surface area contributed by atoms with Gasteiger partial charge in [0.25, 0.3) is 0 Å². The lowest BCUT2D eigenvalue weighted by Crippen LogP contribution is -2.16. The Balaban J connectivity index is 2.07.